The third-order valence-electron chi connectivity index (χ3n) is 5.05. The van der Waals surface area contributed by atoms with Crippen LogP contribution in [0.3, 0.4) is 0 Å². The number of piperidine rings is 1. The SMILES string of the molecule is OC1CCCN(c2ccnc(N3CCc4ccccc4CC3)n2)C1. The molecule has 1 saturated heterocycles. The molecule has 0 radical (unpaired) electrons. The normalized spacial score (nSPS) is 21.3. The van der Waals surface area contributed by atoms with Crippen LogP contribution in [0.5, 0.6) is 0 Å². The summed E-state index contributed by atoms with van der Waals surface area (Å²) in [4.78, 5) is 13.7. The van der Waals surface area contributed by atoms with Crippen molar-refractivity contribution < 1.29 is 5.11 Å². The Bertz CT molecular complexity index is 678. The van der Waals surface area contributed by atoms with E-state index in [1.807, 2.05) is 12.3 Å². The maximum atomic E-state index is 9.90. The molecule has 5 heteroatoms. The molecule has 0 spiro atoms. The summed E-state index contributed by atoms with van der Waals surface area (Å²) in [5.41, 5.74) is 2.88. The first-order valence-corrected chi connectivity index (χ1v) is 8.87. The molecule has 2 aliphatic rings. The van der Waals surface area contributed by atoms with Crippen LogP contribution in [0.25, 0.3) is 0 Å². The molecule has 0 amide bonds. The van der Waals surface area contributed by atoms with Crippen LogP contribution >= 0.6 is 0 Å². The molecule has 4 rings (SSSR count). The Balaban J connectivity index is 1.52. The standard InChI is InChI=1S/C19H24N4O/c24-17-6-3-11-23(14-17)18-7-10-20-19(21-18)22-12-8-15-4-1-2-5-16(15)9-13-22/h1-2,4-5,7,10,17,24H,3,6,8-9,11-14H2. The summed E-state index contributed by atoms with van der Waals surface area (Å²) in [7, 11) is 0. The second-order valence-corrected chi connectivity index (χ2v) is 6.71. The molecule has 0 aliphatic carbocycles. The number of aliphatic hydroxyl groups excluding tert-OH is 1. The molecule has 5 nitrogen and oxygen atoms in total. The largest absolute Gasteiger partial charge is 0.391 e. The Morgan fingerprint density at radius 1 is 0.958 bits per heavy atom. The highest BCUT2D eigenvalue weighted by Gasteiger charge is 2.21. The van der Waals surface area contributed by atoms with Gasteiger partial charge in [-0.25, -0.2) is 4.98 Å². The fourth-order valence-electron chi connectivity index (χ4n) is 3.70. The minimum atomic E-state index is -0.246. The number of hydrogen-bond acceptors (Lipinski definition) is 5. The second-order valence-electron chi connectivity index (χ2n) is 6.71. The molecule has 1 N–H and O–H groups in total. The fraction of sp³-hybridized carbons (Fsp3) is 0.474. The third kappa shape index (κ3) is 3.22. The maximum absolute atomic E-state index is 9.90. The van der Waals surface area contributed by atoms with Crippen LogP contribution < -0.4 is 9.80 Å². The van der Waals surface area contributed by atoms with Gasteiger partial charge in [0.1, 0.15) is 5.82 Å². The number of aromatic nitrogens is 2. The predicted octanol–water partition coefficient (Wildman–Crippen LogP) is 2.04. The van der Waals surface area contributed by atoms with Crippen molar-refractivity contribution in [2.45, 2.75) is 31.8 Å². The second kappa shape index (κ2) is 6.77. The highest BCUT2D eigenvalue weighted by molar-refractivity contribution is 5.45. The van der Waals surface area contributed by atoms with Crippen LogP contribution in [-0.4, -0.2) is 47.4 Å². The molecule has 0 bridgehead atoms. The van der Waals surface area contributed by atoms with Gasteiger partial charge in [-0.2, -0.15) is 4.98 Å². The number of nitrogens with zero attached hydrogens (tertiary/aromatic N) is 4. The molecule has 1 aromatic heterocycles. The summed E-state index contributed by atoms with van der Waals surface area (Å²) in [5.74, 6) is 1.74. The minimum Gasteiger partial charge on any atom is -0.391 e. The maximum Gasteiger partial charge on any atom is 0.227 e. The molecule has 3 heterocycles. The zero-order valence-electron chi connectivity index (χ0n) is 13.9. The van der Waals surface area contributed by atoms with Gasteiger partial charge in [0.25, 0.3) is 0 Å². The number of fused-ring (bicyclic) bond motifs is 1. The summed E-state index contributed by atoms with van der Waals surface area (Å²) in [6.45, 7) is 3.52. The van der Waals surface area contributed by atoms with Crippen molar-refractivity contribution in [2.24, 2.45) is 0 Å². The van der Waals surface area contributed by atoms with Gasteiger partial charge in [0, 0.05) is 32.4 Å². The van der Waals surface area contributed by atoms with E-state index in [1.165, 1.54) is 11.1 Å². The summed E-state index contributed by atoms with van der Waals surface area (Å²) in [5, 5.41) is 9.90. The smallest absolute Gasteiger partial charge is 0.227 e. The molecule has 2 aromatic rings. The van der Waals surface area contributed by atoms with Gasteiger partial charge in [-0.1, -0.05) is 24.3 Å². The lowest BCUT2D eigenvalue weighted by Crippen LogP contribution is -2.39. The molecule has 1 aromatic carbocycles. The lowest BCUT2D eigenvalue weighted by atomic mass is 10.0. The zero-order chi connectivity index (χ0) is 16.4. The van der Waals surface area contributed by atoms with E-state index < -0.39 is 0 Å². The quantitative estimate of drug-likeness (QED) is 0.916. The summed E-state index contributed by atoms with van der Waals surface area (Å²) in [6, 6.07) is 10.6. The highest BCUT2D eigenvalue weighted by atomic mass is 16.3. The summed E-state index contributed by atoms with van der Waals surface area (Å²) >= 11 is 0. The Morgan fingerprint density at radius 2 is 1.71 bits per heavy atom. The van der Waals surface area contributed by atoms with Gasteiger partial charge in [-0.15, -0.1) is 0 Å². The lowest BCUT2D eigenvalue weighted by Gasteiger charge is -2.31. The first-order valence-electron chi connectivity index (χ1n) is 8.87. The van der Waals surface area contributed by atoms with Gasteiger partial charge in [0.15, 0.2) is 0 Å². The number of hydrogen-bond donors (Lipinski definition) is 1. The molecule has 24 heavy (non-hydrogen) atoms. The molecule has 1 fully saturated rings. The Labute approximate surface area is 143 Å². The number of anilines is 2. The van der Waals surface area contributed by atoms with E-state index in [9.17, 15) is 5.11 Å². The predicted molar refractivity (Wildman–Crippen MR) is 95.5 cm³/mol. The van der Waals surface area contributed by atoms with E-state index in [1.54, 1.807) is 0 Å². The van der Waals surface area contributed by atoms with Crippen molar-refractivity contribution in [3.05, 3.63) is 47.7 Å². The van der Waals surface area contributed by atoms with Gasteiger partial charge in [0.05, 0.1) is 6.10 Å². The van der Waals surface area contributed by atoms with Crippen molar-refractivity contribution in [2.75, 3.05) is 36.0 Å². The molecule has 2 aliphatic heterocycles. The molecular formula is C19H24N4O. The fourth-order valence-corrected chi connectivity index (χ4v) is 3.70. The van der Waals surface area contributed by atoms with Gasteiger partial charge in [0.2, 0.25) is 5.95 Å². The number of aliphatic hydroxyl groups is 1. The number of rotatable bonds is 2. The van der Waals surface area contributed by atoms with E-state index in [-0.39, 0.29) is 6.10 Å². The van der Waals surface area contributed by atoms with Crippen LogP contribution in [0.15, 0.2) is 36.5 Å². The Kier molecular flexibility index (Phi) is 4.34. The van der Waals surface area contributed by atoms with Crippen molar-refractivity contribution in [3.63, 3.8) is 0 Å². The Morgan fingerprint density at radius 3 is 2.42 bits per heavy atom. The lowest BCUT2D eigenvalue weighted by molar-refractivity contribution is 0.154. The van der Waals surface area contributed by atoms with Gasteiger partial charge >= 0.3 is 0 Å². The molecule has 0 saturated carbocycles. The van der Waals surface area contributed by atoms with E-state index in [2.05, 4.69) is 39.0 Å². The van der Waals surface area contributed by atoms with Crippen molar-refractivity contribution >= 4 is 11.8 Å². The summed E-state index contributed by atoms with van der Waals surface area (Å²) in [6.07, 6.45) is 5.57. The average molecular weight is 324 g/mol. The topological polar surface area (TPSA) is 52.5 Å². The van der Waals surface area contributed by atoms with Crippen molar-refractivity contribution in [1.82, 2.24) is 9.97 Å². The Hall–Kier alpha value is -2.14. The third-order valence-corrected chi connectivity index (χ3v) is 5.05. The van der Waals surface area contributed by atoms with E-state index >= 15 is 0 Å². The molecule has 1 atom stereocenters. The van der Waals surface area contributed by atoms with E-state index in [0.29, 0.717) is 6.54 Å². The van der Waals surface area contributed by atoms with Crippen LogP contribution in [0.1, 0.15) is 24.0 Å². The molecule has 126 valence electrons. The van der Waals surface area contributed by atoms with Crippen molar-refractivity contribution in [3.8, 4) is 0 Å². The first-order chi connectivity index (χ1) is 11.8. The van der Waals surface area contributed by atoms with Crippen LogP contribution in [0.2, 0.25) is 0 Å². The number of β-amino-alcohol motifs (C(OH)–C–C–N with tert-alkyl or cyclic N) is 1. The van der Waals surface area contributed by atoms with E-state index in [4.69, 9.17) is 4.98 Å². The van der Waals surface area contributed by atoms with E-state index in [0.717, 1.165) is 57.1 Å². The van der Waals surface area contributed by atoms with Crippen LogP contribution in [-0.2, 0) is 12.8 Å². The van der Waals surface area contributed by atoms with Gasteiger partial charge in [-0.05, 0) is 42.9 Å². The molecule has 1 unspecified atom stereocenters. The van der Waals surface area contributed by atoms with Crippen LogP contribution in [0.4, 0.5) is 11.8 Å². The monoisotopic (exact) mass is 324 g/mol. The van der Waals surface area contributed by atoms with Gasteiger partial charge < -0.3 is 14.9 Å². The van der Waals surface area contributed by atoms with Gasteiger partial charge in [-0.3, -0.25) is 0 Å². The van der Waals surface area contributed by atoms with Crippen molar-refractivity contribution in [1.29, 1.82) is 0 Å². The zero-order valence-corrected chi connectivity index (χ0v) is 13.9. The first kappa shape index (κ1) is 15.4. The highest BCUT2D eigenvalue weighted by Crippen LogP contribution is 2.22. The molecular weight excluding hydrogens is 300 g/mol. The average Bonchev–Trinajstić information content (AvgIpc) is 2.85. The number of benzene rings is 1. The minimum absolute atomic E-state index is 0.246. The van der Waals surface area contributed by atoms with Crippen LogP contribution in [0, 0.1) is 0 Å². The summed E-state index contributed by atoms with van der Waals surface area (Å²) < 4.78 is 0.